The first-order chi connectivity index (χ1) is 6.53. The molecule has 0 saturated heterocycles. The first-order valence-electron chi connectivity index (χ1n) is 3.66. The number of rotatable bonds is 1. The molecule has 0 amide bonds. The summed E-state index contributed by atoms with van der Waals surface area (Å²) in [6.45, 7) is 0. The fourth-order valence-electron chi connectivity index (χ4n) is 1.15. The molecular weight excluding hydrogens is 237 g/mol. The van der Waals surface area contributed by atoms with Crippen molar-refractivity contribution in [2.24, 2.45) is 0 Å². The van der Waals surface area contributed by atoms with E-state index in [2.05, 4.69) is 9.47 Å². The summed E-state index contributed by atoms with van der Waals surface area (Å²) >= 11 is 11.2. The zero-order valence-corrected chi connectivity index (χ0v) is 8.20. The van der Waals surface area contributed by atoms with Crippen molar-refractivity contribution < 1.29 is 18.3 Å². The van der Waals surface area contributed by atoms with Crippen molar-refractivity contribution in [3.8, 4) is 11.5 Å². The van der Waals surface area contributed by atoms with Gasteiger partial charge in [-0.2, -0.15) is 0 Å². The fraction of sp³-hybridized carbons (Fsp3) is 0.250. The Labute approximate surface area is 88.3 Å². The Morgan fingerprint density at radius 3 is 2.50 bits per heavy atom. The Kier molecular flexibility index (Phi) is 2.20. The molecule has 0 aromatic heterocycles. The lowest BCUT2D eigenvalue weighted by atomic mass is 10.2. The first-order valence-corrected chi connectivity index (χ1v) is 4.58. The zero-order chi connectivity index (χ0) is 10.3. The highest BCUT2D eigenvalue weighted by atomic mass is 35.5. The number of alkyl halides is 3. The van der Waals surface area contributed by atoms with Gasteiger partial charge >= 0.3 is 6.29 Å². The summed E-state index contributed by atoms with van der Waals surface area (Å²) in [5.41, 5.74) is 0.420. The minimum absolute atomic E-state index is 0.0545. The molecule has 1 heterocycles. The third-order valence-electron chi connectivity index (χ3n) is 1.73. The van der Waals surface area contributed by atoms with Gasteiger partial charge in [0.05, 0.1) is 10.9 Å². The lowest BCUT2D eigenvalue weighted by Gasteiger charge is -2.05. The van der Waals surface area contributed by atoms with E-state index in [1.165, 1.54) is 12.1 Å². The highest BCUT2D eigenvalue weighted by Gasteiger charge is 2.45. The Bertz CT molecular complexity index is 382. The molecule has 0 radical (unpaired) electrons. The first kappa shape index (κ1) is 9.80. The lowest BCUT2D eigenvalue weighted by molar-refractivity contribution is -0.286. The van der Waals surface area contributed by atoms with E-state index < -0.39 is 6.29 Å². The molecule has 0 N–H and O–H groups in total. The lowest BCUT2D eigenvalue weighted by Crippen LogP contribution is -2.26. The SMILES string of the molecule is FC1(F)Oc2c(Cl)ccc(CCl)c2O1. The van der Waals surface area contributed by atoms with Crippen LogP contribution in [0.1, 0.15) is 5.56 Å². The third-order valence-corrected chi connectivity index (χ3v) is 2.32. The van der Waals surface area contributed by atoms with Gasteiger partial charge in [-0.15, -0.1) is 20.4 Å². The molecule has 0 saturated carbocycles. The van der Waals surface area contributed by atoms with Crippen molar-refractivity contribution in [3.63, 3.8) is 0 Å². The monoisotopic (exact) mass is 240 g/mol. The number of hydrogen-bond donors (Lipinski definition) is 0. The van der Waals surface area contributed by atoms with Gasteiger partial charge in [-0.25, -0.2) is 0 Å². The summed E-state index contributed by atoms with van der Waals surface area (Å²) in [7, 11) is 0. The van der Waals surface area contributed by atoms with Crippen molar-refractivity contribution in [2.45, 2.75) is 12.2 Å². The highest BCUT2D eigenvalue weighted by Crippen LogP contribution is 2.47. The topological polar surface area (TPSA) is 18.5 Å². The Hall–Kier alpha value is -0.740. The maximum absolute atomic E-state index is 12.7. The van der Waals surface area contributed by atoms with Gasteiger partial charge in [-0.3, -0.25) is 0 Å². The predicted molar refractivity (Wildman–Crippen MR) is 47.2 cm³/mol. The van der Waals surface area contributed by atoms with E-state index in [-0.39, 0.29) is 22.4 Å². The van der Waals surface area contributed by atoms with Crippen molar-refractivity contribution in [2.75, 3.05) is 0 Å². The molecule has 1 aliphatic rings. The van der Waals surface area contributed by atoms with Gasteiger partial charge in [0, 0.05) is 5.56 Å². The molecule has 1 aromatic rings. The van der Waals surface area contributed by atoms with Gasteiger partial charge < -0.3 is 9.47 Å². The van der Waals surface area contributed by atoms with Crippen LogP contribution in [0.2, 0.25) is 5.02 Å². The van der Waals surface area contributed by atoms with Crippen LogP contribution < -0.4 is 9.47 Å². The molecule has 76 valence electrons. The average molecular weight is 241 g/mol. The maximum Gasteiger partial charge on any atom is 0.586 e. The molecule has 0 spiro atoms. The highest BCUT2D eigenvalue weighted by molar-refractivity contribution is 6.32. The van der Waals surface area contributed by atoms with Crippen LogP contribution in [0.3, 0.4) is 0 Å². The summed E-state index contributed by atoms with van der Waals surface area (Å²) < 4.78 is 33.9. The maximum atomic E-state index is 12.7. The van der Waals surface area contributed by atoms with E-state index in [1.807, 2.05) is 0 Å². The van der Waals surface area contributed by atoms with Crippen LogP contribution in [0.5, 0.6) is 11.5 Å². The van der Waals surface area contributed by atoms with Crippen LogP contribution in [0.15, 0.2) is 12.1 Å². The smallest absolute Gasteiger partial charge is 0.395 e. The summed E-state index contributed by atoms with van der Waals surface area (Å²) in [5.74, 6) is -0.189. The standard InChI is InChI=1S/C8H4Cl2F2O2/c9-3-4-1-2-5(10)7-6(4)13-8(11,12)14-7/h1-2H,3H2. The van der Waals surface area contributed by atoms with E-state index in [0.717, 1.165) is 0 Å². The van der Waals surface area contributed by atoms with E-state index >= 15 is 0 Å². The summed E-state index contributed by atoms with van der Waals surface area (Å²) in [6.07, 6.45) is -3.66. The molecule has 0 bridgehead atoms. The summed E-state index contributed by atoms with van der Waals surface area (Å²) in [5, 5.41) is 0.0750. The van der Waals surface area contributed by atoms with E-state index in [0.29, 0.717) is 5.56 Å². The number of fused-ring (bicyclic) bond motifs is 1. The van der Waals surface area contributed by atoms with Crippen molar-refractivity contribution in [1.82, 2.24) is 0 Å². The van der Waals surface area contributed by atoms with Crippen LogP contribution in [0.25, 0.3) is 0 Å². The molecule has 0 atom stereocenters. The molecule has 14 heavy (non-hydrogen) atoms. The summed E-state index contributed by atoms with van der Waals surface area (Å²) in [6, 6.07) is 2.95. The second kappa shape index (κ2) is 3.14. The molecule has 0 fully saturated rings. The Morgan fingerprint density at radius 1 is 1.21 bits per heavy atom. The van der Waals surface area contributed by atoms with Gasteiger partial charge in [0.2, 0.25) is 0 Å². The van der Waals surface area contributed by atoms with Crippen molar-refractivity contribution >= 4 is 23.2 Å². The number of ether oxygens (including phenoxy) is 2. The molecule has 6 heteroatoms. The van der Waals surface area contributed by atoms with Gasteiger partial charge in [0.15, 0.2) is 11.5 Å². The predicted octanol–water partition coefficient (Wildman–Crippen LogP) is 3.40. The quantitative estimate of drug-likeness (QED) is 0.701. The fourth-order valence-corrected chi connectivity index (χ4v) is 1.55. The molecule has 1 aliphatic heterocycles. The number of hydrogen-bond acceptors (Lipinski definition) is 2. The van der Waals surface area contributed by atoms with E-state index in [9.17, 15) is 8.78 Å². The normalized spacial score (nSPS) is 17.1. The molecule has 1 aromatic carbocycles. The van der Waals surface area contributed by atoms with Crippen molar-refractivity contribution in [1.29, 1.82) is 0 Å². The third kappa shape index (κ3) is 1.48. The van der Waals surface area contributed by atoms with Crippen LogP contribution in [0.4, 0.5) is 8.78 Å². The second-order valence-electron chi connectivity index (χ2n) is 2.67. The summed E-state index contributed by atoms with van der Waals surface area (Å²) in [4.78, 5) is 0. The Balaban J connectivity index is 2.53. The average Bonchev–Trinajstić information content (AvgIpc) is 2.42. The zero-order valence-electron chi connectivity index (χ0n) is 6.69. The van der Waals surface area contributed by atoms with Crippen LogP contribution >= 0.6 is 23.2 Å². The van der Waals surface area contributed by atoms with Crippen LogP contribution in [-0.2, 0) is 5.88 Å². The van der Waals surface area contributed by atoms with Crippen LogP contribution in [-0.4, -0.2) is 6.29 Å². The molecule has 2 rings (SSSR count). The van der Waals surface area contributed by atoms with Gasteiger partial charge in [-0.05, 0) is 6.07 Å². The van der Waals surface area contributed by atoms with E-state index in [4.69, 9.17) is 23.2 Å². The van der Waals surface area contributed by atoms with Gasteiger partial charge in [0.1, 0.15) is 0 Å². The molecule has 0 aliphatic carbocycles. The number of benzene rings is 1. The van der Waals surface area contributed by atoms with Gasteiger partial charge in [0.25, 0.3) is 0 Å². The van der Waals surface area contributed by atoms with Gasteiger partial charge in [-0.1, -0.05) is 17.7 Å². The largest absolute Gasteiger partial charge is 0.586 e. The van der Waals surface area contributed by atoms with Crippen molar-refractivity contribution in [3.05, 3.63) is 22.7 Å². The number of halogens is 4. The second-order valence-corrected chi connectivity index (χ2v) is 3.34. The van der Waals surface area contributed by atoms with E-state index in [1.54, 1.807) is 0 Å². The molecule has 2 nitrogen and oxygen atoms in total. The molecular formula is C8H4Cl2F2O2. The Morgan fingerprint density at radius 2 is 1.86 bits per heavy atom. The minimum Gasteiger partial charge on any atom is -0.395 e. The van der Waals surface area contributed by atoms with Crippen LogP contribution in [0, 0.1) is 0 Å². The minimum atomic E-state index is -3.66. The molecule has 0 unspecified atom stereocenters.